The average Bonchev–Trinajstić information content (AvgIpc) is 3.24. The maximum atomic E-state index is 13.9. The molecule has 0 unspecified atom stereocenters. The first-order valence-electron chi connectivity index (χ1n) is 7.43. The normalized spacial score (nSPS) is 14.9. The fourth-order valence-electron chi connectivity index (χ4n) is 2.42. The minimum Gasteiger partial charge on any atom is -0.481 e. The molecule has 24 heavy (non-hydrogen) atoms. The number of halogens is 1. The van der Waals surface area contributed by atoms with E-state index in [1.165, 1.54) is 22.5 Å². The van der Waals surface area contributed by atoms with E-state index < -0.39 is 21.8 Å². The summed E-state index contributed by atoms with van der Waals surface area (Å²) >= 11 is 0.952. The van der Waals surface area contributed by atoms with Crippen molar-refractivity contribution in [1.82, 2.24) is 4.31 Å². The number of hydrogen-bond donors (Lipinski definition) is 1. The molecule has 0 spiro atoms. The van der Waals surface area contributed by atoms with Crippen molar-refractivity contribution in [3.8, 4) is 0 Å². The summed E-state index contributed by atoms with van der Waals surface area (Å²) in [5, 5.41) is 8.82. The van der Waals surface area contributed by atoms with Gasteiger partial charge in [0.1, 0.15) is 10.0 Å². The van der Waals surface area contributed by atoms with E-state index in [2.05, 4.69) is 0 Å². The molecule has 0 aliphatic heterocycles. The summed E-state index contributed by atoms with van der Waals surface area (Å²) in [5.74, 6) is -1.44. The van der Waals surface area contributed by atoms with Gasteiger partial charge >= 0.3 is 5.97 Å². The molecule has 2 aromatic rings. The van der Waals surface area contributed by atoms with E-state index in [1.807, 2.05) is 0 Å². The van der Waals surface area contributed by atoms with E-state index in [0.29, 0.717) is 10.4 Å². The zero-order valence-electron chi connectivity index (χ0n) is 12.7. The van der Waals surface area contributed by atoms with Crippen LogP contribution in [0.5, 0.6) is 0 Å². The van der Waals surface area contributed by atoms with E-state index in [0.717, 1.165) is 24.2 Å². The van der Waals surface area contributed by atoms with Gasteiger partial charge in [-0.3, -0.25) is 4.79 Å². The molecule has 1 aromatic carbocycles. The molecule has 0 atom stereocenters. The van der Waals surface area contributed by atoms with Gasteiger partial charge in [0.2, 0.25) is 0 Å². The minimum absolute atomic E-state index is 0.0220. The molecule has 5 nitrogen and oxygen atoms in total. The van der Waals surface area contributed by atoms with Crippen LogP contribution in [-0.2, 0) is 27.8 Å². The number of thiophene rings is 1. The number of hydrogen-bond acceptors (Lipinski definition) is 4. The summed E-state index contributed by atoms with van der Waals surface area (Å²) in [5.41, 5.74) is 0.329. The predicted octanol–water partition coefficient (Wildman–Crippen LogP) is 2.87. The Bertz CT molecular complexity index is 858. The number of sulfonamides is 1. The van der Waals surface area contributed by atoms with Gasteiger partial charge in [-0.1, -0.05) is 18.2 Å². The minimum atomic E-state index is -3.78. The van der Waals surface area contributed by atoms with Crippen molar-refractivity contribution in [2.24, 2.45) is 0 Å². The van der Waals surface area contributed by atoms with Crippen molar-refractivity contribution in [2.45, 2.75) is 36.1 Å². The highest BCUT2D eigenvalue weighted by molar-refractivity contribution is 7.91. The third-order valence-corrected chi connectivity index (χ3v) is 7.21. The Morgan fingerprint density at radius 1 is 1.25 bits per heavy atom. The number of carboxylic acids is 1. The summed E-state index contributed by atoms with van der Waals surface area (Å²) in [6.45, 7) is -0.0220. The van der Waals surface area contributed by atoms with Gasteiger partial charge in [-0.15, -0.1) is 11.3 Å². The second kappa shape index (κ2) is 6.62. The molecule has 1 aromatic heterocycles. The zero-order valence-corrected chi connectivity index (χ0v) is 14.3. The Morgan fingerprint density at radius 3 is 2.58 bits per heavy atom. The quantitative estimate of drug-likeness (QED) is 0.814. The number of aliphatic carboxylic acids is 1. The van der Waals surface area contributed by atoms with E-state index in [-0.39, 0.29) is 23.2 Å². The van der Waals surface area contributed by atoms with Gasteiger partial charge in [0.15, 0.2) is 0 Å². The summed E-state index contributed by atoms with van der Waals surface area (Å²) < 4.78 is 41.1. The first-order valence-corrected chi connectivity index (χ1v) is 9.69. The monoisotopic (exact) mass is 369 g/mol. The first kappa shape index (κ1) is 17.1. The Hall–Kier alpha value is -1.77. The molecule has 0 bridgehead atoms. The van der Waals surface area contributed by atoms with Gasteiger partial charge in [-0.05, 0) is 31.0 Å². The molecule has 1 aliphatic carbocycles. The smallest absolute Gasteiger partial charge is 0.308 e. The third kappa shape index (κ3) is 3.66. The molecule has 1 aliphatic rings. The van der Waals surface area contributed by atoms with E-state index in [1.54, 1.807) is 18.2 Å². The second-order valence-electron chi connectivity index (χ2n) is 5.66. The maximum Gasteiger partial charge on any atom is 0.308 e. The maximum absolute atomic E-state index is 13.9. The molecular weight excluding hydrogens is 353 g/mol. The standard InChI is InChI=1S/C16H16FNO4S2/c17-14-4-2-1-3-11(14)10-18(12-5-6-12)24(21,22)16-8-7-13(23-16)9-15(19)20/h1-4,7-8,12H,5-6,9-10H2,(H,19,20). The lowest BCUT2D eigenvalue weighted by atomic mass is 10.2. The molecule has 0 saturated heterocycles. The van der Waals surface area contributed by atoms with Crippen molar-refractivity contribution >= 4 is 27.3 Å². The SMILES string of the molecule is O=C(O)Cc1ccc(S(=O)(=O)N(Cc2ccccc2F)C2CC2)s1. The molecule has 1 N–H and O–H groups in total. The highest BCUT2D eigenvalue weighted by atomic mass is 32.2. The van der Waals surface area contributed by atoms with Crippen molar-refractivity contribution in [3.63, 3.8) is 0 Å². The molecule has 8 heteroatoms. The number of carbonyl (C=O) groups is 1. The van der Waals surface area contributed by atoms with Gasteiger partial charge in [-0.2, -0.15) is 4.31 Å². The van der Waals surface area contributed by atoms with Crippen LogP contribution < -0.4 is 0 Å². The van der Waals surface area contributed by atoms with Crippen LogP contribution in [0.25, 0.3) is 0 Å². The van der Waals surface area contributed by atoms with Gasteiger partial charge in [0.05, 0.1) is 6.42 Å². The van der Waals surface area contributed by atoms with Crippen LogP contribution >= 0.6 is 11.3 Å². The van der Waals surface area contributed by atoms with Crippen LogP contribution in [0.15, 0.2) is 40.6 Å². The predicted molar refractivity (Wildman–Crippen MR) is 87.8 cm³/mol. The fourth-order valence-corrected chi connectivity index (χ4v) is 5.56. The van der Waals surface area contributed by atoms with Crippen LogP contribution in [0.2, 0.25) is 0 Å². The number of carboxylic acid groups (broad SMARTS) is 1. The van der Waals surface area contributed by atoms with Crippen LogP contribution in [0.3, 0.4) is 0 Å². The van der Waals surface area contributed by atoms with E-state index in [9.17, 15) is 17.6 Å². The van der Waals surface area contributed by atoms with Crippen LogP contribution in [-0.4, -0.2) is 29.8 Å². The Labute approximate surface area is 143 Å². The summed E-state index contributed by atoms with van der Waals surface area (Å²) in [7, 11) is -3.78. The topological polar surface area (TPSA) is 74.7 Å². The molecular formula is C16H16FNO4S2. The van der Waals surface area contributed by atoms with E-state index in [4.69, 9.17) is 5.11 Å². The summed E-state index contributed by atoms with van der Waals surface area (Å²) in [6.07, 6.45) is 1.29. The van der Waals surface area contributed by atoms with Gasteiger partial charge in [0, 0.05) is 23.0 Å². The van der Waals surface area contributed by atoms with Crippen LogP contribution in [0, 0.1) is 5.82 Å². The molecule has 1 heterocycles. The van der Waals surface area contributed by atoms with Gasteiger partial charge < -0.3 is 5.11 Å². The molecule has 1 fully saturated rings. The Kier molecular flexibility index (Phi) is 4.71. The van der Waals surface area contributed by atoms with Crippen molar-refractivity contribution in [2.75, 3.05) is 0 Å². The highest BCUT2D eigenvalue weighted by Crippen LogP contribution is 2.36. The Balaban J connectivity index is 1.88. The molecule has 0 amide bonds. The van der Waals surface area contributed by atoms with E-state index >= 15 is 0 Å². The first-order chi connectivity index (χ1) is 11.4. The zero-order chi connectivity index (χ0) is 17.3. The lowest BCUT2D eigenvalue weighted by Crippen LogP contribution is -2.32. The average molecular weight is 369 g/mol. The van der Waals surface area contributed by atoms with Crippen molar-refractivity contribution in [3.05, 3.63) is 52.7 Å². The molecule has 128 valence electrons. The summed E-state index contributed by atoms with van der Waals surface area (Å²) in [6, 6.07) is 8.93. The van der Waals surface area contributed by atoms with Crippen molar-refractivity contribution in [1.29, 1.82) is 0 Å². The highest BCUT2D eigenvalue weighted by Gasteiger charge is 2.39. The Morgan fingerprint density at radius 2 is 1.96 bits per heavy atom. The molecule has 1 saturated carbocycles. The number of nitrogens with zero attached hydrogens (tertiary/aromatic N) is 1. The van der Waals surface area contributed by atoms with Gasteiger partial charge in [0.25, 0.3) is 10.0 Å². The van der Waals surface area contributed by atoms with Crippen LogP contribution in [0.4, 0.5) is 4.39 Å². The largest absolute Gasteiger partial charge is 0.481 e. The third-order valence-electron chi connectivity index (χ3n) is 3.76. The van der Waals surface area contributed by atoms with Crippen molar-refractivity contribution < 1.29 is 22.7 Å². The number of benzene rings is 1. The van der Waals surface area contributed by atoms with Crippen LogP contribution in [0.1, 0.15) is 23.3 Å². The lowest BCUT2D eigenvalue weighted by molar-refractivity contribution is -0.136. The summed E-state index contributed by atoms with van der Waals surface area (Å²) in [4.78, 5) is 11.2. The lowest BCUT2D eigenvalue weighted by Gasteiger charge is -2.21. The molecule has 3 rings (SSSR count). The second-order valence-corrected chi connectivity index (χ2v) is 8.95. The molecule has 0 radical (unpaired) electrons. The number of rotatable bonds is 7. The van der Waals surface area contributed by atoms with Gasteiger partial charge in [-0.25, -0.2) is 12.8 Å². The fraction of sp³-hybridized carbons (Fsp3) is 0.312.